The SMILES string of the molecule is O=C(CN1CCOC1=O)N1CCOC(c2ccc(Cl)c(Cl)c2)C1. The summed E-state index contributed by atoms with van der Waals surface area (Å²) >= 11 is 12.0. The molecule has 124 valence electrons. The molecule has 2 aliphatic heterocycles. The molecule has 0 saturated carbocycles. The Morgan fingerprint density at radius 1 is 1.22 bits per heavy atom. The fourth-order valence-electron chi connectivity index (χ4n) is 2.62. The van der Waals surface area contributed by atoms with Gasteiger partial charge in [-0.2, -0.15) is 0 Å². The smallest absolute Gasteiger partial charge is 0.410 e. The van der Waals surface area contributed by atoms with Gasteiger partial charge in [0.05, 0.1) is 29.7 Å². The lowest BCUT2D eigenvalue weighted by Crippen LogP contribution is -2.46. The molecule has 2 aliphatic rings. The predicted octanol–water partition coefficient (Wildman–Crippen LogP) is 2.35. The number of rotatable bonds is 3. The van der Waals surface area contributed by atoms with E-state index in [0.29, 0.717) is 42.9 Å². The van der Waals surface area contributed by atoms with E-state index in [0.717, 1.165) is 5.56 Å². The quantitative estimate of drug-likeness (QED) is 0.831. The van der Waals surface area contributed by atoms with Crippen LogP contribution in [-0.4, -0.2) is 61.2 Å². The second kappa shape index (κ2) is 6.95. The van der Waals surface area contributed by atoms with Gasteiger partial charge in [0.1, 0.15) is 19.3 Å². The fourth-order valence-corrected chi connectivity index (χ4v) is 2.93. The number of ether oxygens (including phenoxy) is 2. The summed E-state index contributed by atoms with van der Waals surface area (Å²) in [5.74, 6) is -0.114. The third-order valence-corrected chi connectivity index (χ3v) is 4.64. The maximum Gasteiger partial charge on any atom is 0.410 e. The predicted molar refractivity (Wildman–Crippen MR) is 84.7 cm³/mol. The first-order chi connectivity index (χ1) is 11.0. The van der Waals surface area contributed by atoms with Gasteiger partial charge in [0.15, 0.2) is 0 Å². The maximum absolute atomic E-state index is 12.4. The van der Waals surface area contributed by atoms with Gasteiger partial charge in [-0.3, -0.25) is 9.69 Å². The van der Waals surface area contributed by atoms with Gasteiger partial charge in [0.25, 0.3) is 0 Å². The number of halogens is 2. The molecule has 0 aromatic heterocycles. The van der Waals surface area contributed by atoms with Gasteiger partial charge in [-0.1, -0.05) is 29.3 Å². The van der Waals surface area contributed by atoms with Crippen LogP contribution < -0.4 is 0 Å². The van der Waals surface area contributed by atoms with Crippen molar-refractivity contribution in [2.45, 2.75) is 6.10 Å². The van der Waals surface area contributed by atoms with Gasteiger partial charge in [0.2, 0.25) is 5.91 Å². The number of hydrogen-bond donors (Lipinski definition) is 0. The normalized spacial score (nSPS) is 21.5. The van der Waals surface area contributed by atoms with Gasteiger partial charge < -0.3 is 14.4 Å². The molecule has 3 rings (SSSR count). The van der Waals surface area contributed by atoms with Crippen molar-refractivity contribution < 1.29 is 19.1 Å². The summed E-state index contributed by atoms with van der Waals surface area (Å²) in [7, 11) is 0. The van der Waals surface area contributed by atoms with E-state index in [1.807, 2.05) is 6.07 Å². The van der Waals surface area contributed by atoms with Gasteiger partial charge in [-0.25, -0.2) is 4.79 Å². The highest BCUT2D eigenvalue weighted by atomic mass is 35.5. The lowest BCUT2D eigenvalue weighted by Gasteiger charge is -2.34. The molecule has 2 saturated heterocycles. The van der Waals surface area contributed by atoms with E-state index < -0.39 is 6.09 Å². The molecule has 8 heteroatoms. The zero-order valence-corrected chi connectivity index (χ0v) is 13.8. The van der Waals surface area contributed by atoms with E-state index in [1.54, 1.807) is 17.0 Å². The third-order valence-electron chi connectivity index (χ3n) is 3.91. The average Bonchev–Trinajstić information content (AvgIpc) is 2.95. The zero-order chi connectivity index (χ0) is 16.4. The second-order valence-corrected chi connectivity index (χ2v) is 6.22. The van der Waals surface area contributed by atoms with Crippen molar-refractivity contribution in [2.24, 2.45) is 0 Å². The molecule has 0 aliphatic carbocycles. The summed E-state index contributed by atoms with van der Waals surface area (Å²) in [5.41, 5.74) is 0.873. The number of morpholine rings is 1. The van der Waals surface area contributed by atoms with Crippen LogP contribution in [0.4, 0.5) is 4.79 Å². The summed E-state index contributed by atoms with van der Waals surface area (Å²) in [6, 6.07) is 5.30. The molecule has 2 heterocycles. The molecule has 1 aromatic carbocycles. The molecule has 0 spiro atoms. The maximum atomic E-state index is 12.4. The van der Waals surface area contributed by atoms with Crippen LogP contribution in [0.3, 0.4) is 0 Å². The first-order valence-electron chi connectivity index (χ1n) is 7.30. The van der Waals surface area contributed by atoms with Crippen molar-refractivity contribution in [3.63, 3.8) is 0 Å². The highest BCUT2D eigenvalue weighted by Crippen LogP contribution is 2.29. The number of benzene rings is 1. The number of hydrogen-bond acceptors (Lipinski definition) is 4. The van der Waals surface area contributed by atoms with Crippen molar-refractivity contribution in [3.8, 4) is 0 Å². The first kappa shape index (κ1) is 16.4. The molecule has 1 atom stereocenters. The Kier molecular flexibility index (Phi) is 4.94. The number of amides is 2. The third kappa shape index (κ3) is 3.71. The van der Waals surface area contributed by atoms with Crippen molar-refractivity contribution in [1.82, 2.24) is 9.80 Å². The lowest BCUT2D eigenvalue weighted by molar-refractivity contribution is -0.139. The summed E-state index contributed by atoms with van der Waals surface area (Å²) in [4.78, 5) is 26.9. The van der Waals surface area contributed by atoms with Crippen LogP contribution in [0.5, 0.6) is 0 Å². The summed E-state index contributed by atoms with van der Waals surface area (Å²) in [6.45, 7) is 2.17. The van der Waals surface area contributed by atoms with E-state index in [4.69, 9.17) is 32.7 Å². The summed E-state index contributed by atoms with van der Waals surface area (Å²) in [5, 5.41) is 0.933. The minimum absolute atomic E-state index is 0.0347. The molecular weight excluding hydrogens is 343 g/mol. The van der Waals surface area contributed by atoms with E-state index in [-0.39, 0.29) is 18.6 Å². The van der Waals surface area contributed by atoms with Crippen LogP contribution in [0, 0.1) is 0 Å². The number of nitrogens with zero attached hydrogens (tertiary/aromatic N) is 2. The van der Waals surface area contributed by atoms with Crippen molar-refractivity contribution in [1.29, 1.82) is 0 Å². The summed E-state index contributed by atoms with van der Waals surface area (Å²) in [6.07, 6.45) is -0.694. The van der Waals surface area contributed by atoms with Crippen LogP contribution in [0.1, 0.15) is 11.7 Å². The molecule has 0 radical (unpaired) electrons. The van der Waals surface area contributed by atoms with Gasteiger partial charge in [-0.05, 0) is 17.7 Å². The Morgan fingerprint density at radius 2 is 2.04 bits per heavy atom. The molecule has 1 aromatic rings. The van der Waals surface area contributed by atoms with Gasteiger partial charge in [0, 0.05) is 6.54 Å². The van der Waals surface area contributed by atoms with Crippen molar-refractivity contribution in [3.05, 3.63) is 33.8 Å². The van der Waals surface area contributed by atoms with E-state index in [1.165, 1.54) is 4.90 Å². The Hall–Kier alpha value is -1.50. The largest absolute Gasteiger partial charge is 0.448 e. The molecule has 6 nitrogen and oxygen atoms in total. The monoisotopic (exact) mass is 358 g/mol. The van der Waals surface area contributed by atoms with Crippen LogP contribution in [0.25, 0.3) is 0 Å². The fraction of sp³-hybridized carbons (Fsp3) is 0.467. The number of carbonyl (C=O) groups excluding carboxylic acids is 2. The van der Waals surface area contributed by atoms with Crippen LogP contribution in [-0.2, 0) is 14.3 Å². The molecule has 2 amide bonds. The summed E-state index contributed by atoms with van der Waals surface area (Å²) < 4.78 is 10.6. The standard InChI is InChI=1S/C15H16Cl2N2O4/c16-11-2-1-10(7-12(11)17)13-8-18(3-5-22-13)14(20)9-19-4-6-23-15(19)21/h1-2,7,13H,3-6,8-9H2. The highest BCUT2D eigenvalue weighted by Gasteiger charge is 2.30. The van der Waals surface area contributed by atoms with Crippen molar-refractivity contribution in [2.75, 3.05) is 39.4 Å². The Labute approximate surface area is 143 Å². The van der Waals surface area contributed by atoms with Crippen LogP contribution in [0.15, 0.2) is 18.2 Å². The second-order valence-electron chi connectivity index (χ2n) is 5.41. The molecule has 0 N–H and O–H groups in total. The Balaban J connectivity index is 1.64. The van der Waals surface area contributed by atoms with E-state index in [9.17, 15) is 9.59 Å². The Bertz CT molecular complexity index is 625. The van der Waals surface area contributed by atoms with Crippen LogP contribution >= 0.6 is 23.2 Å². The molecule has 1 unspecified atom stereocenters. The Morgan fingerprint density at radius 3 is 2.74 bits per heavy atom. The first-order valence-corrected chi connectivity index (χ1v) is 8.06. The average molecular weight is 359 g/mol. The number of cyclic esters (lactones) is 1. The number of carbonyl (C=O) groups is 2. The van der Waals surface area contributed by atoms with Crippen LogP contribution in [0.2, 0.25) is 10.0 Å². The van der Waals surface area contributed by atoms with E-state index >= 15 is 0 Å². The van der Waals surface area contributed by atoms with Crippen molar-refractivity contribution >= 4 is 35.2 Å². The minimum Gasteiger partial charge on any atom is -0.448 e. The molecule has 23 heavy (non-hydrogen) atoms. The zero-order valence-electron chi connectivity index (χ0n) is 12.3. The molecule has 0 bridgehead atoms. The molecule has 2 fully saturated rings. The highest BCUT2D eigenvalue weighted by molar-refractivity contribution is 6.42. The minimum atomic E-state index is -0.437. The van der Waals surface area contributed by atoms with E-state index in [2.05, 4.69) is 0 Å². The topological polar surface area (TPSA) is 59.1 Å². The molecular formula is C15H16Cl2N2O4. The lowest BCUT2D eigenvalue weighted by atomic mass is 10.1. The van der Waals surface area contributed by atoms with Gasteiger partial charge >= 0.3 is 6.09 Å². The van der Waals surface area contributed by atoms with Gasteiger partial charge in [-0.15, -0.1) is 0 Å².